The number of carbonyl (C=O) groups is 1. The highest BCUT2D eigenvalue weighted by atomic mass is 32.2. The fraction of sp³-hybridized carbons (Fsp3) is 0.310. The van der Waals surface area contributed by atoms with Gasteiger partial charge in [0.05, 0.1) is 5.03 Å². The molecule has 4 unspecified atom stereocenters. The quantitative estimate of drug-likeness (QED) is 0.330. The highest BCUT2D eigenvalue weighted by Gasteiger charge is 2.54. The van der Waals surface area contributed by atoms with Gasteiger partial charge in [-0.1, -0.05) is 59.9 Å². The van der Waals surface area contributed by atoms with Gasteiger partial charge in [-0.3, -0.25) is 9.59 Å². The zero-order chi connectivity index (χ0) is 24.2. The van der Waals surface area contributed by atoms with Gasteiger partial charge in [0.2, 0.25) is 0 Å². The van der Waals surface area contributed by atoms with Crippen LogP contribution in [0.1, 0.15) is 35.6 Å². The molecule has 1 aromatic heterocycles. The molecule has 5 nitrogen and oxygen atoms in total. The SMILES string of the molecule is O=C(COc1cccc([C@H]2c3sc(=O)[nH]c3SC3C4CCC(C4)C32)c1)Nc1cccc2ccccc12. The van der Waals surface area contributed by atoms with Gasteiger partial charge in [0.1, 0.15) is 5.75 Å². The van der Waals surface area contributed by atoms with Gasteiger partial charge in [-0.25, -0.2) is 0 Å². The molecule has 36 heavy (non-hydrogen) atoms. The summed E-state index contributed by atoms with van der Waals surface area (Å²) in [5, 5.41) is 6.72. The van der Waals surface area contributed by atoms with Crippen molar-refractivity contribution in [3.8, 4) is 5.75 Å². The first-order valence-electron chi connectivity index (χ1n) is 12.5. The molecule has 182 valence electrons. The van der Waals surface area contributed by atoms with E-state index in [-0.39, 0.29) is 23.3 Å². The van der Waals surface area contributed by atoms with Gasteiger partial charge in [-0.2, -0.15) is 0 Å². The molecule has 3 aliphatic rings. The Morgan fingerprint density at radius 1 is 1.03 bits per heavy atom. The predicted octanol–water partition coefficient (Wildman–Crippen LogP) is 6.26. The number of aromatic amines is 1. The average molecular weight is 515 g/mol. The molecule has 0 spiro atoms. The topological polar surface area (TPSA) is 71.2 Å². The Hall–Kier alpha value is -3.03. The lowest BCUT2D eigenvalue weighted by atomic mass is 9.75. The molecule has 0 saturated heterocycles. The highest BCUT2D eigenvalue weighted by molar-refractivity contribution is 8.00. The smallest absolute Gasteiger partial charge is 0.305 e. The van der Waals surface area contributed by atoms with E-state index in [0.29, 0.717) is 16.9 Å². The molecule has 1 aliphatic heterocycles. The van der Waals surface area contributed by atoms with E-state index in [0.717, 1.165) is 33.3 Å². The molecule has 2 fully saturated rings. The maximum absolute atomic E-state index is 12.7. The molecule has 0 radical (unpaired) electrons. The van der Waals surface area contributed by atoms with Crippen LogP contribution in [0.15, 0.2) is 76.6 Å². The van der Waals surface area contributed by atoms with E-state index in [1.165, 1.54) is 41.0 Å². The molecule has 2 aliphatic carbocycles. The molecule has 2 saturated carbocycles. The molecule has 1 amide bonds. The number of thioether (sulfide) groups is 1. The lowest BCUT2D eigenvalue weighted by Gasteiger charge is -2.40. The van der Waals surface area contributed by atoms with Crippen LogP contribution in [-0.4, -0.2) is 22.7 Å². The van der Waals surface area contributed by atoms with Crippen molar-refractivity contribution in [2.24, 2.45) is 17.8 Å². The Bertz CT molecular complexity index is 1520. The predicted molar refractivity (Wildman–Crippen MR) is 145 cm³/mol. The monoisotopic (exact) mass is 514 g/mol. The molecule has 2 bridgehead atoms. The fourth-order valence-corrected chi connectivity index (χ4v) is 9.58. The van der Waals surface area contributed by atoms with Crippen molar-refractivity contribution in [1.82, 2.24) is 4.98 Å². The lowest BCUT2D eigenvalue weighted by Crippen LogP contribution is -2.33. The summed E-state index contributed by atoms with van der Waals surface area (Å²) >= 11 is 3.26. The van der Waals surface area contributed by atoms with E-state index in [9.17, 15) is 9.59 Å². The number of amides is 1. The average Bonchev–Trinajstić information content (AvgIpc) is 3.61. The normalized spacial score (nSPS) is 25.9. The number of benzene rings is 3. The number of hydrogen-bond acceptors (Lipinski definition) is 5. The van der Waals surface area contributed by atoms with Crippen LogP contribution in [0, 0.1) is 17.8 Å². The second kappa shape index (κ2) is 8.82. The zero-order valence-electron chi connectivity index (χ0n) is 19.6. The fourth-order valence-electron chi connectivity index (χ4n) is 6.69. The molecular weight excluding hydrogens is 488 g/mol. The number of thiazole rings is 1. The number of hydrogen-bond donors (Lipinski definition) is 2. The molecule has 4 aromatic rings. The number of aromatic nitrogens is 1. The van der Waals surface area contributed by atoms with E-state index in [1.807, 2.05) is 66.4 Å². The minimum Gasteiger partial charge on any atom is -0.484 e. The first-order chi connectivity index (χ1) is 17.6. The van der Waals surface area contributed by atoms with Crippen LogP contribution in [0.5, 0.6) is 5.75 Å². The first kappa shape index (κ1) is 22.2. The van der Waals surface area contributed by atoms with Crippen molar-refractivity contribution in [2.75, 3.05) is 11.9 Å². The first-order valence-corrected chi connectivity index (χ1v) is 14.2. The summed E-state index contributed by atoms with van der Waals surface area (Å²) in [6.07, 6.45) is 3.91. The molecule has 2 N–H and O–H groups in total. The largest absolute Gasteiger partial charge is 0.484 e. The molecule has 7 heteroatoms. The van der Waals surface area contributed by atoms with Gasteiger partial charge in [0.25, 0.3) is 5.91 Å². The van der Waals surface area contributed by atoms with Crippen LogP contribution in [0.2, 0.25) is 0 Å². The number of anilines is 1. The number of H-pyrrole nitrogens is 1. The maximum Gasteiger partial charge on any atom is 0.305 e. The summed E-state index contributed by atoms with van der Waals surface area (Å²) in [5.41, 5.74) is 1.97. The maximum atomic E-state index is 12.7. The molecule has 7 rings (SSSR count). The summed E-state index contributed by atoms with van der Waals surface area (Å²) in [7, 11) is 0. The van der Waals surface area contributed by atoms with E-state index in [1.54, 1.807) is 0 Å². The van der Waals surface area contributed by atoms with Gasteiger partial charge in [-0.15, -0.1) is 11.8 Å². The molecule has 3 aromatic carbocycles. The Morgan fingerprint density at radius 2 is 1.86 bits per heavy atom. The van der Waals surface area contributed by atoms with Gasteiger partial charge in [0, 0.05) is 27.1 Å². The van der Waals surface area contributed by atoms with E-state index < -0.39 is 0 Å². The van der Waals surface area contributed by atoms with Crippen LogP contribution in [0.4, 0.5) is 5.69 Å². The van der Waals surface area contributed by atoms with Crippen LogP contribution >= 0.6 is 23.1 Å². The van der Waals surface area contributed by atoms with Crippen molar-refractivity contribution in [1.29, 1.82) is 0 Å². The summed E-state index contributed by atoms with van der Waals surface area (Å²) in [6.45, 7) is -0.0628. The minimum absolute atomic E-state index is 0.0299. The molecular formula is C29H26N2O3S2. The number of rotatable bonds is 5. The molecule has 2 heterocycles. The van der Waals surface area contributed by atoms with E-state index in [2.05, 4.69) is 22.4 Å². The van der Waals surface area contributed by atoms with Crippen molar-refractivity contribution >= 4 is 45.5 Å². The highest BCUT2D eigenvalue weighted by Crippen LogP contribution is 2.63. The second-order valence-electron chi connectivity index (χ2n) is 10.1. The lowest BCUT2D eigenvalue weighted by molar-refractivity contribution is -0.118. The van der Waals surface area contributed by atoms with Crippen LogP contribution in [-0.2, 0) is 4.79 Å². The Balaban J connectivity index is 1.12. The number of fused-ring (bicyclic) bond motifs is 7. The van der Waals surface area contributed by atoms with Crippen LogP contribution in [0.3, 0.4) is 0 Å². The van der Waals surface area contributed by atoms with Crippen molar-refractivity contribution in [2.45, 2.75) is 35.5 Å². The van der Waals surface area contributed by atoms with Gasteiger partial charge in [-0.05, 0) is 66.2 Å². The summed E-state index contributed by atoms with van der Waals surface area (Å²) in [5.74, 6) is 2.73. The van der Waals surface area contributed by atoms with E-state index >= 15 is 0 Å². The number of nitrogens with one attached hydrogen (secondary N) is 2. The Kier molecular flexibility index (Phi) is 5.44. The van der Waals surface area contributed by atoms with Crippen LogP contribution in [0.25, 0.3) is 10.8 Å². The summed E-state index contributed by atoms with van der Waals surface area (Å²) in [6, 6.07) is 22.0. The van der Waals surface area contributed by atoms with Crippen molar-refractivity contribution in [3.05, 3.63) is 86.8 Å². The number of carbonyl (C=O) groups excluding carboxylic acids is 1. The van der Waals surface area contributed by atoms with Crippen LogP contribution < -0.4 is 14.9 Å². The van der Waals surface area contributed by atoms with Crippen molar-refractivity contribution < 1.29 is 9.53 Å². The second-order valence-corrected chi connectivity index (χ2v) is 12.3. The Morgan fingerprint density at radius 3 is 2.81 bits per heavy atom. The van der Waals surface area contributed by atoms with E-state index in [4.69, 9.17) is 4.74 Å². The van der Waals surface area contributed by atoms with Gasteiger partial charge in [0.15, 0.2) is 6.61 Å². The minimum atomic E-state index is -0.190. The standard InChI is InChI=1S/C29H26N2O3S2/c32-23(30-22-10-4-6-16-5-1-2-9-21(16)22)15-34-20-8-3-7-17(14-20)25-24-18-11-12-19(13-18)26(24)35-28-27(25)36-29(33)31-28/h1-10,14,18-19,24-26H,11-13,15H2,(H,30,32)(H,31,33)/t18?,19?,24?,25-,26?/m1/s1. The third kappa shape index (κ3) is 3.76. The van der Waals surface area contributed by atoms with Crippen molar-refractivity contribution in [3.63, 3.8) is 0 Å². The Labute approximate surface area is 217 Å². The third-order valence-corrected chi connectivity index (χ3v) is 10.7. The third-order valence-electron chi connectivity index (χ3n) is 8.12. The van der Waals surface area contributed by atoms with Gasteiger partial charge >= 0.3 is 4.87 Å². The molecule has 5 atom stereocenters. The zero-order valence-corrected chi connectivity index (χ0v) is 21.2. The van der Waals surface area contributed by atoms with Gasteiger partial charge < -0.3 is 15.0 Å². The summed E-state index contributed by atoms with van der Waals surface area (Å²) in [4.78, 5) is 29.3. The number of ether oxygens (including phenoxy) is 1. The summed E-state index contributed by atoms with van der Waals surface area (Å²) < 4.78 is 5.97.